The summed E-state index contributed by atoms with van der Waals surface area (Å²) in [5, 5.41) is 0. The minimum atomic E-state index is -5.64. The van der Waals surface area contributed by atoms with Gasteiger partial charge in [0.2, 0.25) is 0 Å². The van der Waals surface area contributed by atoms with Crippen molar-refractivity contribution in [3.63, 3.8) is 0 Å². The average molecular weight is 209 g/mol. The van der Waals surface area contributed by atoms with Gasteiger partial charge in [0.15, 0.2) is 0 Å². The minimum Gasteiger partial charge on any atom is -0.786 e. The Morgan fingerprint density at radius 1 is 1.43 bits per heavy atom. The molecular weight excluding hydrogens is 209 g/mol. The molecule has 0 amide bonds. The van der Waals surface area contributed by atoms with Crippen LogP contribution in [0.15, 0.2) is 0 Å². The first-order chi connectivity index (χ1) is 2.00. The SMILES string of the molecule is O=P([O-])([O-])F.[Fe].[Mn+2]. The van der Waals surface area contributed by atoms with Crippen LogP contribution in [0.2, 0.25) is 0 Å². The normalized spacial score (nSPS) is 8.43. The topological polar surface area (TPSA) is 63.2 Å². The first-order valence-corrected chi connectivity index (χ1v) is 2.15. The minimum absolute atomic E-state index is 0. The second kappa shape index (κ2) is 5.26. The van der Waals surface area contributed by atoms with Crippen molar-refractivity contribution >= 4 is 7.91 Å². The van der Waals surface area contributed by atoms with Gasteiger partial charge in [-0.1, -0.05) is 0 Å². The predicted molar refractivity (Wildman–Crippen MR) is 8.71 cm³/mol. The van der Waals surface area contributed by atoms with Gasteiger partial charge in [-0.25, -0.2) is 4.20 Å². The zero-order valence-electron chi connectivity index (χ0n) is 2.78. The Morgan fingerprint density at radius 3 is 1.43 bits per heavy atom. The maximum atomic E-state index is 10.1. The fourth-order valence-corrected chi connectivity index (χ4v) is 0. The molecule has 7 heteroatoms. The maximum absolute atomic E-state index is 10.1. The molecule has 0 spiro atoms. The maximum Gasteiger partial charge on any atom is 2.00 e. The quantitative estimate of drug-likeness (QED) is 0.370. The standard InChI is InChI=1S/FH2O3P.Fe.Mn/c1-5(2,3)4;;/h(H2,2,3,4);;/q;;+2/p-2. The molecule has 7 heavy (non-hydrogen) atoms. The van der Waals surface area contributed by atoms with E-state index in [1.54, 1.807) is 0 Å². The zero-order chi connectivity index (χ0) is 4.50. The Kier molecular flexibility index (Phi) is 11.8. The summed E-state index contributed by atoms with van der Waals surface area (Å²) in [7, 11) is -5.64. The van der Waals surface area contributed by atoms with Crippen LogP contribution in [0.5, 0.6) is 0 Å². The summed E-state index contributed by atoms with van der Waals surface area (Å²) in [6, 6.07) is 0. The third kappa shape index (κ3) is 149. The van der Waals surface area contributed by atoms with E-state index in [1.807, 2.05) is 0 Å². The largest absolute Gasteiger partial charge is 2.00 e. The van der Waals surface area contributed by atoms with E-state index in [9.17, 15) is 4.20 Å². The van der Waals surface area contributed by atoms with Crippen molar-refractivity contribution in [2.75, 3.05) is 0 Å². The summed E-state index contributed by atoms with van der Waals surface area (Å²) >= 11 is 0. The van der Waals surface area contributed by atoms with Crippen molar-refractivity contribution in [1.29, 1.82) is 0 Å². The summed E-state index contributed by atoms with van der Waals surface area (Å²) in [5.41, 5.74) is 0. The van der Waals surface area contributed by atoms with Crippen molar-refractivity contribution in [1.82, 2.24) is 0 Å². The van der Waals surface area contributed by atoms with E-state index < -0.39 is 7.91 Å². The summed E-state index contributed by atoms with van der Waals surface area (Å²) < 4.78 is 18.6. The fraction of sp³-hybridized carbons (Fsp3) is 0. The summed E-state index contributed by atoms with van der Waals surface area (Å²) in [5.74, 6) is 0. The van der Waals surface area contributed by atoms with Crippen molar-refractivity contribution < 1.29 is 52.7 Å². The van der Waals surface area contributed by atoms with Crippen molar-refractivity contribution in [3.05, 3.63) is 0 Å². The molecule has 0 saturated heterocycles. The Balaban J connectivity index is -0.0000000800. The zero-order valence-corrected chi connectivity index (χ0v) is 5.96. The van der Waals surface area contributed by atoms with Crippen molar-refractivity contribution in [3.8, 4) is 0 Å². The van der Waals surface area contributed by atoms with Gasteiger partial charge in [-0.15, -0.1) is 0 Å². The first kappa shape index (κ1) is 15.7. The third-order valence-electron chi connectivity index (χ3n) is 0. The van der Waals surface area contributed by atoms with Gasteiger partial charge in [0.1, 0.15) is 7.91 Å². The van der Waals surface area contributed by atoms with Gasteiger partial charge in [-0.2, -0.15) is 0 Å². The van der Waals surface area contributed by atoms with Gasteiger partial charge in [-0.3, -0.25) is 0 Å². The average Bonchev–Trinajstić information content (AvgIpc) is 0.722. The first-order valence-electron chi connectivity index (χ1n) is 0.717. The Bertz CT molecular complexity index is 61.1. The second-order valence-electron chi connectivity index (χ2n) is 0.431. The van der Waals surface area contributed by atoms with E-state index in [-0.39, 0.29) is 34.1 Å². The summed E-state index contributed by atoms with van der Waals surface area (Å²) in [4.78, 5) is 16.9. The van der Waals surface area contributed by atoms with Crippen molar-refractivity contribution in [2.24, 2.45) is 0 Å². The van der Waals surface area contributed by atoms with E-state index in [4.69, 9.17) is 14.4 Å². The molecule has 0 heterocycles. The number of hydrogen-bond acceptors (Lipinski definition) is 3. The van der Waals surface area contributed by atoms with Gasteiger partial charge in [-0.05, 0) is 0 Å². The van der Waals surface area contributed by atoms with Crippen molar-refractivity contribution in [2.45, 2.75) is 0 Å². The molecule has 0 aromatic heterocycles. The molecule has 0 rings (SSSR count). The van der Waals surface area contributed by atoms with Crippen LogP contribution in [-0.4, -0.2) is 0 Å². The Labute approximate surface area is 60.9 Å². The molecular formula is FFeMnO3P. The van der Waals surface area contributed by atoms with Crippen LogP contribution in [-0.2, 0) is 38.7 Å². The van der Waals surface area contributed by atoms with Crippen LogP contribution < -0.4 is 9.79 Å². The molecule has 0 aliphatic heterocycles. The fourth-order valence-electron chi connectivity index (χ4n) is 0. The molecule has 0 atom stereocenters. The van der Waals surface area contributed by atoms with Crippen LogP contribution in [0.1, 0.15) is 0 Å². The second-order valence-corrected chi connectivity index (χ2v) is 1.29. The molecule has 3 nitrogen and oxygen atoms in total. The third-order valence-corrected chi connectivity index (χ3v) is 0. The van der Waals surface area contributed by atoms with Crippen LogP contribution in [0.25, 0.3) is 0 Å². The molecule has 0 unspecified atom stereocenters. The van der Waals surface area contributed by atoms with Gasteiger partial charge < -0.3 is 14.4 Å². The number of halogens is 1. The predicted octanol–water partition coefficient (Wildman–Crippen LogP) is -1.22. The van der Waals surface area contributed by atoms with Crippen LogP contribution in [0, 0.1) is 0 Å². The number of rotatable bonds is 0. The monoisotopic (exact) mass is 209 g/mol. The van der Waals surface area contributed by atoms with E-state index >= 15 is 0 Å². The van der Waals surface area contributed by atoms with Crippen LogP contribution in [0.3, 0.4) is 0 Å². The van der Waals surface area contributed by atoms with Crippen LogP contribution in [0.4, 0.5) is 4.20 Å². The van der Waals surface area contributed by atoms with E-state index in [0.29, 0.717) is 0 Å². The Morgan fingerprint density at radius 2 is 1.43 bits per heavy atom. The summed E-state index contributed by atoms with van der Waals surface area (Å²) in [6.45, 7) is 0. The van der Waals surface area contributed by atoms with Crippen LogP contribution >= 0.6 is 7.91 Å². The molecule has 0 fully saturated rings. The van der Waals surface area contributed by atoms with E-state index in [1.165, 1.54) is 0 Å². The van der Waals surface area contributed by atoms with E-state index in [2.05, 4.69) is 0 Å². The Hall–Kier alpha value is 1.12. The molecule has 1 radical (unpaired) electrons. The molecule has 0 N–H and O–H groups in total. The molecule has 0 aromatic rings. The summed E-state index contributed by atoms with van der Waals surface area (Å²) in [6.07, 6.45) is 0. The number of hydrogen-bond donors (Lipinski definition) is 0. The molecule has 45 valence electrons. The smallest absolute Gasteiger partial charge is 0.786 e. The van der Waals surface area contributed by atoms with Gasteiger partial charge in [0.05, 0.1) is 0 Å². The van der Waals surface area contributed by atoms with E-state index in [0.717, 1.165) is 0 Å². The van der Waals surface area contributed by atoms with Gasteiger partial charge in [0.25, 0.3) is 0 Å². The molecule has 0 aliphatic carbocycles. The molecule has 0 aliphatic rings. The molecule has 0 bridgehead atoms. The molecule has 0 saturated carbocycles. The molecule has 0 aromatic carbocycles. The van der Waals surface area contributed by atoms with Gasteiger partial charge >= 0.3 is 17.1 Å². The van der Waals surface area contributed by atoms with Gasteiger partial charge in [0, 0.05) is 17.1 Å².